The Morgan fingerprint density at radius 3 is 0.875 bits per heavy atom. The van der Waals surface area contributed by atoms with E-state index in [1.807, 2.05) is 0 Å². The summed E-state index contributed by atoms with van der Waals surface area (Å²) >= 11 is 0. The second-order valence-electron chi connectivity index (χ2n) is 18.1. The standard InChI is InChI=1S/C50H96O6/c1-6-7-8-9-10-11-21-25-32-37-42-50(53)56-47(44-55-49(52)41-36-31-27-26-29-34-39-46(4)5)43-54-48(51)40-35-30-24-22-19-17-15-13-12-14-16-18-20-23-28-33-38-45(2)3/h45-47H,6-44H2,1-5H3/t47-/m1/s1. The molecule has 0 bridgehead atoms. The minimum atomic E-state index is -0.760. The van der Waals surface area contributed by atoms with E-state index in [0.29, 0.717) is 19.3 Å². The van der Waals surface area contributed by atoms with E-state index in [9.17, 15) is 14.4 Å². The number of unbranched alkanes of at least 4 members (excludes halogenated alkanes) is 29. The van der Waals surface area contributed by atoms with Crippen molar-refractivity contribution in [3.63, 3.8) is 0 Å². The van der Waals surface area contributed by atoms with E-state index in [0.717, 1.165) is 69.6 Å². The minimum absolute atomic E-state index is 0.0648. The molecule has 0 saturated carbocycles. The lowest BCUT2D eigenvalue weighted by atomic mass is 10.0. The smallest absolute Gasteiger partial charge is 0.306 e. The van der Waals surface area contributed by atoms with Gasteiger partial charge in [-0.2, -0.15) is 0 Å². The summed E-state index contributed by atoms with van der Waals surface area (Å²) in [5.41, 5.74) is 0. The maximum absolute atomic E-state index is 12.7. The molecule has 332 valence electrons. The quantitative estimate of drug-likeness (QED) is 0.0347. The zero-order valence-corrected chi connectivity index (χ0v) is 38.3. The van der Waals surface area contributed by atoms with E-state index >= 15 is 0 Å². The summed E-state index contributed by atoms with van der Waals surface area (Å²) in [5, 5.41) is 0. The van der Waals surface area contributed by atoms with Crippen LogP contribution in [0.5, 0.6) is 0 Å². The van der Waals surface area contributed by atoms with Crippen LogP contribution in [0.1, 0.15) is 272 Å². The van der Waals surface area contributed by atoms with Crippen molar-refractivity contribution in [3.05, 3.63) is 0 Å². The molecule has 0 N–H and O–H groups in total. The number of ether oxygens (including phenoxy) is 3. The summed E-state index contributed by atoms with van der Waals surface area (Å²) in [4.78, 5) is 37.7. The predicted molar refractivity (Wildman–Crippen MR) is 238 cm³/mol. The molecule has 0 aliphatic carbocycles. The van der Waals surface area contributed by atoms with Crippen LogP contribution in [0.15, 0.2) is 0 Å². The topological polar surface area (TPSA) is 78.9 Å². The minimum Gasteiger partial charge on any atom is -0.462 e. The maximum Gasteiger partial charge on any atom is 0.306 e. The highest BCUT2D eigenvalue weighted by Gasteiger charge is 2.19. The van der Waals surface area contributed by atoms with Gasteiger partial charge >= 0.3 is 17.9 Å². The van der Waals surface area contributed by atoms with Crippen LogP contribution in [0.25, 0.3) is 0 Å². The fourth-order valence-corrected chi connectivity index (χ4v) is 7.46. The van der Waals surface area contributed by atoms with Gasteiger partial charge in [-0.3, -0.25) is 14.4 Å². The Morgan fingerprint density at radius 1 is 0.339 bits per heavy atom. The first-order chi connectivity index (χ1) is 27.2. The third-order valence-corrected chi connectivity index (χ3v) is 11.2. The molecule has 0 rings (SSSR count). The Balaban J connectivity index is 4.19. The molecule has 6 heteroatoms. The maximum atomic E-state index is 12.7. The van der Waals surface area contributed by atoms with Gasteiger partial charge in [0.2, 0.25) is 0 Å². The SMILES string of the molecule is CCCCCCCCCCCCC(=O)O[C@H](COC(=O)CCCCCCCCCCCCCCCCCCC(C)C)COC(=O)CCCCCCCCC(C)C. The number of rotatable bonds is 44. The molecule has 0 spiro atoms. The molecule has 0 saturated heterocycles. The summed E-state index contributed by atoms with van der Waals surface area (Å²) in [6.45, 7) is 11.3. The van der Waals surface area contributed by atoms with Crippen molar-refractivity contribution >= 4 is 17.9 Å². The van der Waals surface area contributed by atoms with Gasteiger partial charge in [0.25, 0.3) is 0 Å². The Bertz CT molecular complexity index is 854. The lowest BCUT2D eigenvalue weighted by Crippen LogP contribution is -2.30. The van der Waals surface area contributed by atoms with Crippen molar-refractivity contribution in [1.29, 1.82) is 0 Å². The first-order valence-electron chi connectivity index (χ1n) is 24.7. The Labute approximate surface area is 348 Å². The number of hydrogen-bond donors (Lipinski definition) is 0. The Hall–Kier alpha value is -1.59. The van der Waals surface area contributed by atoms with Crippen molar-refractivity contribution in [1.82, 2.24) is 0 Å². The molecule has 0 heterocycles. The molecule has 1 atom stereocenters. The molecule has 0 aromatic heterocycles. The lowest BCUT2D eigenvalue weighted by molar-refractivity contribution is -0.167. The van der Waals surface area contributed by atoms with Crippen LogP contribution < -0.4 is 0 Å². The molecule has 6 nitrogen and oxygen atoms in total. The number of carbonyl (C=O) groups is 3. The fourth-order valence-electron chi connectivity index (χ4n) is 7.46. The summed E-state index contributed by atoms with van der Waals surface area (Å²) in [7, 11) is 0. The zero-order chi connectivity index (χ0) is 41.2. The number of carbonyl (C=O) groups excluding carboxylic acids is 3. The van der Waals surface area contributed by atoms with Gasteiger partial charge in [0, 0.05) is 19.3 Å². The largest absolute Gasteiger partial charge is 0.462 e. The van der Waals surface area contributed by atoms with Crippen LogP contribution in [0, 0.1) is 11.8 Å². The highest BCUT2D eigenvalue weighted by molar-refractivity contribution is 5.71. The van der Waals surface area contributed by atoms with Crippen molar-refractivity contribution in [2.75, 3.05) is 13.2 Å². The average Bonchev–Trinajstić information content (AvgIpc) is 3.16. The molecular formula is C50H96O6. The monoisotopic (exact) mass is 793 g/mol. The highest BCUT2D eigenvalue weighted by atomic mass is 16.6. The molecule has 0 aliphatic rings. The van der Waals surface area contributed by atoms with Gasteiger partial charge in [-0.15, -0.1) is 0 Å². The second-order valence-corrected chi connectivity index (χ2v) is 18.1. The van der Waals surface area contributed by atoms with Gasteiger partial charge in [0.05, 0.1) is 0 Å². The van der Waals surface area contributed by atoms with Crippen molar-refractivity contribution in [2.24, 2.45) is 11.8 Å². The third-order valence-electron chi connectivity index (χ3n) is 11.2. The fraction of sp³-hybridized carbons (Fsp3) is 0.940. The summed E-state index contributed by atoms with van der Waals surface area (Å²) in [6, 6.07) is 0. The summed E-state index contributed by atoms with van der Waals surface area (Å²) in [5.74, 6) is 0.759. The van der Waals surface area contributed by atoms with E-state index in [2.05, 4.69) is 34.6 Å². The average molecular weight is 793 g/mol. The molecule has 0 aliphatic heterocycles. The first kappa shape index (κ1) is 54.4. The molecule has 0 unspecified atom stereocenters. The van der Waals surface area contributed by atoms with E-state index in [1.54, 1.807) is 0 Å². The van der Waals surface area contributed by atoms with Crippen LogP contribution in [0.4, 0.5) is 0 Å². The van der Waals surface area contributed by atoms with Gasteiger partial charge in [0.15, 0.2) is 6.10 Å². The van der Waals surface area contributed by atoms with Gasteiger partial charge < -0.3 is 14.2 Å². The van der Waals surface area contributed by atoms with E-state index < -0.39 is 6.10 Å². The molecule has 0 fully saturated rings. The molecule has 0 aromatic rings. The summed E-state index contributed by atoms with van der Waals surface area (Å²) in [6.07, 6.45) is 42.5. The number of hydrogen-bond acceptors (Lipinski definition) is 6. The van der Waals surface area contributed by atoms with Crippen LogP contribution in [-0.2, 0) is 28.6 Å². The molecular weight excluding hydrogens is 697 g/mol. The predicted octanol–water partition coefficient (Wildman–Crippen LogP) is 15.8. The van der Waals surface area contributed by atoms with Crippen LogP contribution in [-0.4, -0.2) is 37.2 Å². The van der Waals surface area contributed by atoms with Gasteiger partial charge in [-0.05, 0) is 31.1 Å². The third kappa shape index (κ3) is 43.5. The Kier molecular flexibility index (Phi) is 41.8. The van der Waals surface area contributed by atoms with E-state index in [4.69, 9.17) is 14.2 Å². The number of esters is 3. The van der Waals surface area contributed by atoms with Crippen molar-refractivity contribution in [2.45, 2.75) is 278 Å². The van der Waals surface area contributed by atoms with Crippen LogP contribution in [0.3, 0.4) is 0 Å². The van der Waals surface area contributed by atoms with E-state index in [1.165, 1.54) is 161 Å². The molecule has 0 amide bonds. The Morgan fingerprint density at radius 2 is 0.589 bits per heavy atom. The molecule has 56 heavy (non-hydrogen) atoms. The zero-order valence-electron chi connectivity index (χ0n) is 38.3. The van der Waals surface area contributed by atoms with Gasteiger partial charge in [-0.25, -0.2) is 0 Å². The normalized spacial score (nSPS) is 12.1. The van der Waals surface area contributed by atoms with Gasteiger partial charge in [-0.1, -0.05) is 234 Å². The summed E-state index contributed by atoms with van der Waals surface area (Å²) < 4.78 is 16.7. The van der Waals surface area contributed by atoms with Crippen molar-refractivity contribution < 1.29 is 28.6 Å². The van der Waals surface area contributed by atoms with Crippen LogP contribution >= 0.6 is 0 Å². The first-order valence-corrected chi connectivity index (χ1v) is 24.7. The van der Waals surface area contributed by atoms with E-state index in [-0.39, 0.29) is 31.1 Å². The highest BCUT2D eigenvalue weighted by Crippen LogP contribution is 2.17. The van der Waals surface area contributed by atoms with Gasteiger partial charge in [0.1, 0.15) is 13.2 Å². The lowest BCUT2D eigenvalue weighted by Gasteiger charge is -2.18. The van der Waals surface area contributed by atoms with Crippen LogP contribution in [0.2, 0.25) is 0 Å². The van der Waals surface area contributed by atoms with Crippen molar-refractivity contribution in [3.8, 4) is 0 Å². The second kappa shape index (κ2) is 43.0. The molecule has 0 radical (unpaired) electrons. The molecule has 0 aromatic carbocycles.